The largest absolute Gasteiger partial charge is 0.497 e. The van der Waals surface area contributed by atoms with Crippen LogP contribution < -0.4 is 14.8 Å². The minimum Gasteiger partial charge on any atom is -0.497 e. The Morgan fingerprint density at radius 1 is 1.15 bits per heavy atom. The van der Waals surface area contributed by atoms with Gasteiger partial charge in [-0.3, -0.25) is 4.79 Å². The predicted octanol–water partition coefficient (Wildman–Crippen LogP) is 2.76. The molecule has 0 saturated carbocycles. The summed E-state index contributed by atoms with van der Waals surface area (Å²) in [7, 11) is -2.18. The molecule has 1 amide bonds. The lowest BCUT2D eigenvalue weighted by atomic mass is 10.2. The van der Waals surface area contributed by atoms with Crippen molar-refractivity contribution in [1.82, 2.24) is 10.0 Å². The van der Waals surface area contributed by atoms with Gasteiger partial charge in [-0.15, -0.1) is 11.3 Å². The number of ether oxygens (including phenoxy) is 1. The Balaban J connectivity index is 1.55. The van der Waals surface area contributed by atoms with E-state index in [-0.39, 0.29) is 29.7 Å². The number of sulfonamides is 1. The average Bonchev–Trinajstić information content (AvgIpc) is 3.11. The fourth-order valence-electron chi connectivity index (χ4n) is 2.42. The molecule has 1 aromatic heterocycles. The molecule has 9 heteroatoms. The number of nitrogens with one attached hydrogen (secondary N) is 2. The number of hydrogen-bond donors (Lipinski definition) is 2. The van der Waals surface area contributed by atoms with Gasteiger partial charge in [-0.05, 0) is 42.5 Å². The molecule has 6 nitrogen and oxygen atoms in total. The minimum absolute atomic E-state index is 0.0271. The minimum atomic E-state index is -3.68. The molecule has 0 spiro atoms. The summed E-state index contributed by atoms with van der Waals surface area (Å²) in [5, 5.41) is 3.02. The zero-order valence-electron chi connectivity index (χ0n) is 14.4. The Labute approximate surface area is 160 Å². The highest BCUT2D eigenvalue weighted by molar-refractivity contribution is 7.89. The van der Waals surface area contributed by atoms with Gasteiger partial charge in [0, 0.05) is 23.2 Å². The summed E-state index contributed by atoms with van der Waals surface area (Å²) in [6, 6.07) is 12.1. The zero-order chi connectivity index (χ0) is 19.4. The van der Waals surface area contributed by atoms with Crippen molar-refractivity contribution in [1.29, 1.82) is 0 Å². The molecule has 0 fully saturated rings. The van der Waals surface area contributed by atoms with E-state index in [0.29, 0.717) is 20.7 Å². The Bertz CT molecular complexity index is 1060. The predicted molar refractivity (Wildman–Crippen MR) is 102 cm³/mol. The lowest BCUT2D eigenvalue weighted by Gasteiger charge is -2.08. The van der Waals surface area contributed by atoms with Gasteiger partial charge in [-0.1, -0.05) is 6.07 Å². The second kappa shape index (κ2) is 8.03. The Morgan fingerprint density at radius 2 is 1.89 bits per heavy atom. The highest BCUT2D eigenvalue weighted by Crippen LogP contribution is 2.27. The van der Waals surface area contributed by atoms with Gasteiger partial charge in [-0.2, -0.15) is 0 Å². The van der Waals surface area contributed by atoms with Crippen molar-refractivity contribution < 1.29 is 22.3 Å². The summed E-state index contributed by atoms with van der Waals surface area (Å²) in [5.74, 6) is -0.199. The number of rotatable bonds is 7. The van der Waals surface area contributed by atoms with E-state index in [2.05, 4.69) is 10.0 Å². The Morgan fingerprint density at radius 3 is 2.56 bits per heavy atom. The third-order valence-corrected chi connectivity index (χ3v) is 6.38. The van der Waals surface area contributed by atoms with E-state index in [1.54, 1.807) is 24.3 Å². The molecule has 0 aliphatic rings. The maximum atomic E-state index is 13.7. The van der Waals surface area contributed by atoms with Crippen LogP contribution >= 0.6 is 11.3 Å². The summed E-state index contributed by atoms with van der Waals surface area (Å²) >= 11 is 1.18. The van der Waals surface area contributed by atoms with Crippen LogP contribution in [0.15, 0.2) is 53.4 Å². The summed E-state index contributed by atoms with van der Waals surface area (Å²) in [6.45, 7) is 0.129. The molecule has 1 heterocycles. The first-order chi connectivity index (χ1) is 12.9. The SMILES string of the molecule is COc1ccc(S(=O)(=O)NCCNC(=O)c2cc3c(F)cccc3s2)cc1. The fourth-order valence-corrected chi connectivity index (χ4v) is 4.45. The van der Waals surface area contributed by atoms with E-state index in [9.17, 15) is 17.6 Å². The maximum absolute atomic E-state index is 13.7. The molecule has 3 aromatic rings. The number of thiophene rings is 1. The molecule has 0 unspecified atom stereocenters. The second-order valence-corrected chi connectivity index (χ2v) is 8.44. The van der Waals surface area contributed by atoms with Crippen LogP contribution in [-0.2, 0) is 10.0 Å². The van der Waals surface area contributed by atoms with E-state index in [0.717, 1.165) is 0 Å². The van der Waals surface area contributed by atoms with Crippen molar-refractivity contribution in [3.8, 4) is 5.75 Å². The Hall–Kier alpha value is -2.49. The number of fused-ring (bicyclic) bond motifs is 1. The smallest absolute Gasteiger partial charge is 0.261 e. The number of hydrogen-bond acceptors (Lipinski definition) is 5. The lowest BCUT2D eigenvalue weighted by Crippen LogP contribution is -2.34. The number of carbonyl (C=O) groups is 1. The van der Waals surface area contributed by atoms with Crippen molar-refractivity contribution in [3.05, 3.63) is 59.2 Å². The molecular weight excluding hydrogens is 391 g/mol. The lowest BCUT2D eigenvalue weighted by molar-refractivity contribution is 0.0958. The van der Waals surface area contributed by atoms with Crippen molar-refractivity contribution >= 4 is 37.4 Å². The number of amides is 1. The molecule has 0 saturated heterocycles. The molecule has 0 atom stereocenters. The van der Waals surface area contributed by atoms with E-state index < -0.39 is 10.0 Å². The fraction of sp³-hybridized carbons (Fsp3) is 0.167. The van der Waals surface area contributed by atoms with Gasteiger partial charge < -0.3 is 10.1 Å². The zero-order valence-corrected chi connectivity index (χ0v) is 16.0. The van der Waals surface area contributed by atoms with Crippen LogP contribution in [0, 0.1) is 5.82 Å². The summed E-state index contributed by atoms with van der Waals surface area (Å²) in [6.07, 6.45) is 0. The van der Waals surface area contributed by atoms with Crippen molar-refractivity contribution in [2.45, 2.75) is 4.90 Å². The summed E-state index contributed by atoms with van der Waals surface area (Å²) < 4.78 is 46.2. The van der Waals surface area contributed by atoms with Gasteiger partial charge in [-0.25, -0.2) is 17.5 Å². The van der Waals surface area contributed by atoms with Crippen molar-refractivity contribution in [2.75, 3.05) is 20.2 Å². The molecule has 142 valence electrons. The summed E-state index contributed by atoms with van der Waals surface area (Å²) in [4.78, 5) is 12.7. The van der Waals surface area contributed by atoms with E-state index >= 15 is 0 Å². The van der Waals surface area contributed by atoms with Gasteiger partial charge in [0.05, 0.1) is 16.9 Å². The molecule has 2 N–H and O–H groups in total. The van der Waals surface area contributed by atoms with E-state index in [1.807, 2.05) is 0 Å². The number of methoxy groups -OCH3 is 1. The highest BCUT2D eigenvalue weighted by atomic mass is 32.2. The Kier molecular flexibility index (Phi) is 5.73. The summed E-state index contributed by atoms with van der Waals surface area (Å²) in [5.41, 5.74) is 0. The van der Waals surface area contributed by atoms with Crippen LogP contribution in [0.1, 0.15) is 9.67 Å². The first-order valence-electron chi connectivity index (χ1n) is 8.01. The third-order valence-electron chi connectivity index (χ3n) is 3.80. The van der Waals surface area contributed by atoms with Gasteiger partial charge in [0.25, 0.3) is 5.91 Å². The topological polar surface area (TPSA) is 84.5 Å². The van der Waals surface area contributed by atoms with Gasteiger partial charge >= 0.3 is 0 Å². The van der Waals surface area contributed by atoms with Crippen molar-refractivity contribution in [3.63, 3.8) is 0 Å². The standard InChI is InChI=1S/C18H17FN2O4S2/c1-25-12-5-7-13(8-6-12)27(23,24)21-10-9-20-18(22)17-11-14-15(19)3-2-4-16(14)26-17/h2-8,11,21H,9-10H2,1H3,(H,20,22). The molecule has 3 rings (SSSR count). The molecule has 0 aliphatic heterocycles. The monoisotopic (exact) mass is 408 g/mol. The number of carbonyl (C=O) groups excluding carboxylic acids is 1. The van der Waals surface area contributed by atoms with E-state index in [1.165, 1.54) is 42.7 Å². The highest BCUT2D eigenvalue weighted by Gasteiger charge is 2.15. The number of benzene rings is 2. The molecule has 0 radical (unpaired) electrons. The molecule has 0 aliphatic carbocycles. The molecule has 0 bridgehead atoms. The first-order valence-corrected chi connectivity index (χ1v) is 10.3. The van der Waals surface area contributed by atoms with Crippen molar-refractivity contribution in [2.24, 2.45) is 0 Å². The normalized spacial score (nSPS) is 11.5. The first kappa shape index (κ1) is 19.3. The van der Waals surface area contributed by atoms with Crippen LogP contribution in [0.3, 0.4) is 0 Å². The quantitative estimate of drug-likeness (QED) is 0.589. The second-order valence-electron chi connectivity index (χ2n) is 5.59. The van der Waals surface area contributed by atoms with Gasteiger partial charge in [0.15, 0.2) is 0 Å². The number of halogens is 1. The van der Waals surface area contributed by atoms with Crippen LogP contribution in [0.25, 0.3) is 10.1 Å². The van der Waals surface area contributed by atoms with E-state index in [4.69, 9.17) is 4.74 Å². The van der Waals surface area contributed by atoms with Gasteiger partial charge in [0.1, 0.15) is 11.6 Å². The van der Waals surface area contributed by atoms with Crippen LogP contribution in [0.4, 0.5) is 4.39 Å². The molecule has 27 heavy (non-hydrogen) atoms. The van der Waals surface area contributed by atoms with Crippen LogP contribution in [0.2, 0.25) is 0 Å². The van der Waals surface area contributed by atoms with Crippen LogP contribution in [0.5, 0.6) is 5.75 Å². The average molecular weight is 408 g/mol. The molecule has 2 aromatic carbocycles. The van der Waals surface area contributed by atoms with Crippen LogP contribution in [-0.4, -0.2) is 34.5 Å². The molecular formula is C18H17FN2O4S2. The third kappa shape index (κ3) is 4.44. The van der Waals surface area contributed by atoms with Gasteiger partial charge in [0.2, 0.25) is 10.0 Å². The maximum Gasteiger partial charge on any atom is 0.261 e.